The zero-order valence-electron chi connectivity index (χ0n) is 12.4. The minimum absolute atomic E-state index is 0. The summed E-state index contributed by atoms with van der Waals surface area (Å²) in [4.78, 5) is 20.5. The van der Waals surface area contributed by atoms with E-state index in [-0.39, 0.29) is 30.7 Å². The van der Waals surface area contributed by atoms with Gasteiger partial charge in [-0.25, -0.2) is 0 Å². The normalized spacial score (nSPS) is 13.8. The maximum absolute atomic E-state index is 12.3. The molecular weight excluding hydrogens is 357 g/mol. The average Bonchev–Trinajstić information content (AvgIpc) is 2.55. The first kappa shape index (κ1) is 19.6. The molecule has 2 heterocycles. The van der Waals surface area contributed by atoms with Gasteiger partial charge in [0.05, 0.1) is 5.56 Å². The van der Waals surface area contributed by atoms with Crippen molar-refractivity contribution in [2.24, 2.45) is 0 Å². The van der Waals surface area contributed by atoms with Crippen LogP contribution >= 0.6 is 36.4 Å². The summed E-state index contributed by atoms with van der Waals surface area (Å²) in [6, 6.07) is 11.4. The lowest BCUT2D eigenvalue weighted by Gasteiger charge is -2.36. The Morgan fingerprint density at radius 3 is 2.39 bits per heavy atom. The largest absolute Gasteiger partial charge is 0.368 e. The summed E-state index contributed by atoms with van der Waals surface area (Å²) < 4.78 is 0. The molecule has 1 aromatic carbocycles. The molecule has 0 spiro atoms. The highest BCUT2D eigenvalue weighted by Crippen LogP contribution is 2.21. The van der Waals surface area contributed by atoms with Crippen LogP contribution < -0.4 is 4.90 Å². The van der Waals surface area contributed by atoms with Crippen molar-refractivity contribution in [3.05, 3.63) is 59.4 Å². The molecule has 7 heteroatoms. The number of halogens is 3. The first-order valence-electron chi connectivity index (χ1n) is 6.94. The van der Waals surface area contributed by atoms with E-state index in [0.29, 0.717) is 18.7 Å². The van der Waals surface area contributed by atoms with Crippen molar-refractivity contribution in [1.29, 1.82) is 0 Å². The van der Waals surface area contributed by atoms with Crippen molar-refractivity contribution >= 4 is 48.0 Å². The predicted molar refractivity (Wildman–Crippen MR) is 98.3 cm³/mol. The first-order valence-corrected chi connectivity index (χ1v) is 7.31. The number of rotatable bonds is 2. The van der Waals surface area contributed by atoms with Gasteiger partial charge in [-0.3, -0.25) is 9.78 Å². The predicted octanol–water partition coefficient (Wildman–Crippen LogP) is 3.54. The molecule has 1 aromatic heterocycles. The summed E-state index contributed by atoms with van der Waals surface area (Å²) in [7, 11) is 0. The van der Waals surface area contributed by atoms with E-state index in [9.17, 15) is 4.79 Å². The van der Waals surface area contributed by atoms with Gasteiger partial charge in [-0.2, -0.15) is 0 Å². The number of piperazine rings is 1. The molecule has 0 saturated carbocycles. The number of pyridine rings is 1. The van der Waals surface area contributed by atoms with Gasteiger partial charge in [0.15, 0.2) is 0 Å². The van der Waals surface area contributed by atoms with E-state index < -0.39 is 0 Å². The third kappa shape index (κ3) is 4.74. The number of hydrogen-bond donors (Lipinski definition) is 0. The molecule has 0 bridgehead atoms. The molecule has 1 aliphatic heterocycles. The van der Waals surface area contributed by atoms with Crippen molar-refractivity contribution in [2.75, 3.05) is 31.1 Å². The van der Waals surface area contributed by atoms with Crippen LogP contribution in [0.5, 0.6) is 0 Å². The van der Waals surface area contributed by atoms with Gasteiger partial charge in [-0.15, -0.1) is 24.8 Å². The SMILES string of the molecule is Cl.Cl.O=C(c1cccnc1)N1CCN(c2cccc(Cl)c2)CC1. The molecule has 1 amide bonds. The van der Waals surface area contributed by atoms with E-state index in [2.05, 4.69) is 9.88 Å². The summed E-state index contributed by atoms with van der Waals surface area (Å²) in [5, 5.41) is 0.737. The van der Waals surface area contributed by atoms with Gasteiger partial charge in [-0.1, -0.05) is 17.7 Å². The molecule has 0 unspecified atom stereocenters. The van der Waals surface area contributed by atoms with E-state index in [0.717, 1.165) is 23.8 Å². The van der Waals surface area contributed by atoms with Crippen LogP contribution in [0.2, 0.25) is 5.02 Å². The summed E-state index contributed by atoms with van der Waals surface area (Å²) in [6.45, 7) is 3.04. The monoisotopic (exact) mass is 373 g/mol. The highest BCUT2D eigenvalue weighted by atomic mass is 35.5. The third-order valence-electron chi connectivity index (χ3n) is 3.65. The Hall–Kier alpha value is -1.49. The standard InChI is InChI=1S/C16H16ClN3O.2ClH/c17-14-4-1-5-15(11-14)19-7-9-20(10-8-19)16(21)13-3-2-6-18-12-13;;/h1-6,11-12H,7-10H2;2*1H. The van der Waals surface area contributed by atoms with E-state index in [1.54, 1.807) is 24.5 Å². The van der Waals surface area contributed by atoms with Crippen LogP contribution in [0.4, 0.5) is 5.69 Å². The number of benzene rings is 1. The molecule has 0 N–H and O–H groups in total. The molecule has 0 radical (unpaired) electrons. The summed E-state index contributed by atoms with van der Waals surface area (Å²) >= 11 is 6.03. The zero-order valence-corrected chi connectivity index (χ0v) is 14.8. The second kappa shape index (κ2) is 8.96. The van der Waals surface area contributed by atoms with Crippen molar-refractivity contribution in [3.8, 4) is 0 Å². The summed E-state index contributed by atoms with van der Waals surface area (Å²) in [6.07, 6.45) is 3.29. The van der Waals surface area contributed by atoms with Crippen LogP contribution in [0.3, 0.4) is 0 Å². The van der Waals surface area contributed by atoms with E-state index >= 15 is 0 Å². The van der Waals surface area contributed by atoms with Gasteiger partial charge in [0.1, 0.15) is 0 Å². The molecule has 23 heavy (non-hydrogen) atoms. The molecular formula is C16H18Cl3N3O. The van der Waals surface area contributed by atoms with Crippen LogP contribution in [-0.4, -0.2) is 42.0 Å². The summed E-state index contributed by atoms with van der Waals surface area (Å²) in [5.74, 6) is 0.0499. The molecule has 124 valence electrons. The maximum atomic E-state index is 12.3. The number of amides is 1. The van der Waals surface area contributed by atoms with Crippen LogP contribution in [0.15, 0.2) is 48.8 Å². The van der Waals surface area contributed by atoms with Gasteiger partial charge in [0, 0.05) is 49.3 Å². The number of nitrogens with zero attached hydrogens (tertiary/aromatic N) is 3. The van der Waals surface area contributed by atoms with Crippen molar-refractivity contribution < 1.29 is 4.79 Å². The Kier molecular flexibility index (Phi) is 7.62. The molecule has 2 aromatic rings. The Bertz CT molecular complexity index is 631. The van der Waals surface area contributed by atoms with Gasteiger partial charge in [-0.05, 0) is 30.3 Å². The molecule has 0 aliphatic carbocycles. The number of aromatic nitrogens is 1. The van der Waals surface area contributed by atoms with Crippen LogP contribution in [-0.2, 0) is 0 Å². The van der Waals surface area contributed by atoms with Crippen LogP contribution in [0.25, 0.3) is 0 Å². The number of anilines is 1. The Balaban J connectivity index is 0.00000132. The second-order valence-corrected chi connectivity index (χ2v) is 5.44. The smallest absolute Gasteiger partial charge is 0.255 e. The molecule has 1 fully saturated rings. The van der Waals surface area contributed by atoms with Gasteiger partial charge >= 0.3 is 0 Å². The minimum Gasteiger partial charge on any atom is -0.368 e. The zero-order chi connectivity index (χ0) is 14.7. The third-order valence-corrected chi connectivity index (χ3v) is 3.88. The van der Waals surface area contributed by atoms with Gasteiger partial charge in [0.2, 0.25) is 0 Å². The van der Waals surface area contributed by atoms with Crippen molar-refractivity contribution in [2.45, 2.75) is 0 Å². The Morgan fingerprint density at radius 1 is 1.04 bits per heavy atom. The Morgan fingerprint density at radius 2 is 1.78 bits per heavy atom. The average molecular weight is 375 g/mol. The molecule has 1 aliphatic rings. The fourth-order valence-corrected chi connectivity index (χ4v) is 2.70. The highest BCUT2D eigenvalue weighted by molar-refractivity contribution is 6.30. The molecule has 0 atom stereocenters. The van der Waals surface area contributed by atoms with Crippen molar-refractivity contribution in [3.63, 3.8) is 0 Å². The topological polar surface area (TPSA) is 36.4 Å². The number of carbonyl (C=O) groups excluding carboxylic acids is 1. The number of carbonyl (C=O) groups is 1. The van der Waals surface area contributed by atoms with Crippen molar-refractivity contribution in [1.82, 2.24) is 9.88 Å². The molecule has 4 nitrogen and oxygen atoms in total. The lowest BCUT2D eigenvalue weighted by molar-refractivity contribution is 0.0746. The molecule has 1 saturated heterocycles. The molecule has 3 rings (SSSR count). The lowest BCUT2D eigenvalue weighted by atomic mass is 10.2. The van der Waals surface area contributed by atoms with Gasteiger partial charge in [0.25, 0.3) is 5.91 Å². The fourth-order valence-electron chi connectivity index (χ4n) is 2.51. The first-order chi connectivity index (χ1) is 10.2. The van der Waals surface area contributed by atoms with Crippen LogP contribution in [0, 0.1) is 0 Å². The minimum atomic E-state index is 0. The van der Waals surface area contributed by atoms with E-state index in [1.165, 1.54) is 0 Å². The lowest BCUT2D eigenvalue weighted by Crippen LogP contribution is -2.48. The highest BCUT2D eigenvalue weighted by Gasteiger charge is 2.22. The Labute approximate surface area is 153 Å². The number of hydrogen-bond acceptors (Lipinski definition) is 3. The second-order valence-electron chi connectivity index (χ2n) is 5.00. The van der Waals surface area contributed by atoms with E-state index in [4.69, 9.17) is 11.6 Å². The fraction of sp³-hybridized carbons (Fsp3) is 0.250. The van der Waals surface area contributed by atoms with Crippen LogP contribution in [0.1, 0.15) is 10.4 Å². The summed E-state index contributed by atoms with van der Waals surface area (Å²) in [5.41, 5.74) is 1.75. The van der Waals surface area contributed by atoms with Gasteiger partial charge < -0.3 is 9.80 Å². The maximum Gasteiger partial charge on any atom is 0.255 e. The van der Waals surface area contributed by atoms with E-state index in [1.807, 2.05) is 29.2 Å². The quantitative estimate of drug-likeness (QED) is 0.806.